The van der Waals surface area contributed by atoms with E-state index in [4.69, 9.17) is 21.7 Å². The fourth-order valence-corrected chi connectivity index (χ4v) is 5.04. The molecule has 0 saturated heterocycles. The van der Waals surface area contributed by atoms with Crippen LogP contribution in [0, 0.1) is 11.8 Å². The van der Waals surface area contributed by atoms with Crippen molar-refractivity contribution in [1.82, 2.24) is 10.2 Å². The van der Waals surface area contributed by atoms with Gasteiger partial charge in [0.1, 0.15) is 0 Å². The zero-order valence-corrected chi connectivity index (χ0v) is 15.3. The average Bonchev–Trinajstić information content (AvgIpc) is 3.22. The molecular weight excluding hydrogens is 320 g/mol. The monoisotopic (exact) mass is 346 g/mol. The Balaban J connectivity index is 1.44. The Labute approximate surface area is 149 Å². The number of methoxy groups -OCH3 is 2. The Morgan fingerprint density at radius 2 is 1.88 bits per heavy atom. The number of hydrogen-bond donors (Lipinski definition) is 1. The zero-order valence-electron chi connectivity index (χ0n) is 14.5. The topological polar surface area (TPSA) is 33.7 Å². The lowest BCUT2D eigenvalue weighted by atomic mass is 9.95. The molecule has 1 aliphatic heterocycles. The molecule has 2 aliphatic carbocycles. The van der Waals surface area contributed by atoms with Crippen LogP contribution in [0.3, 0.4) is 0 Å². The summed E-state index contributed by atoms with van der Waals surface area (Å²) in [6.07, 6.45) is 6.51. The van der Waals surface area contributed by atoms with Crippen molar-refractivity contribution in [1.29, 1.82) is 0 Å². The number of nitrogens with zero attached hydrogens (tertiary/aromatic N) is 1. The summed E-state index contributed by atoms with van der Waals surface area (Å²) in [7, 11) is 3.37. The molecule has 0 amide bonds. The van der Waals surface area contributed by atoms with Gasteiger partial charge in [-0.05, 0) is 73.0 Å². The van der Waals surface area contributed by atoms with Gasteiger partial charge in [0, 0.05) is 19.1 Å². The molecule has 2 bridgehead atoms. The van der Waals surface area contributed by atoms with Gasteiger partial charge in [-0.2, -0.15) is 0 Å². The zero-order chi connectivity index (χ0) is 16.7. The van der Waals surface area contributed by atoms with E-state index < -0.39 is 0 Å². The summed E-state index contributed by atoms with van der Waals surface area (Å²) in [4.78, 5) is 2.30. The lowest BCUT2D eigenvalue weighted by Gasteiger charge is -2.34. The molecule has 3 aliphatic rings. The molecular formula is C19H26N2O2S. The van der Waals surface area contributed by atoms with E-state index in [9.17, 15) is 0 Å². The highest BCUT2D eigenvalue weighted by atomic mass is 32.1. The third-order valence-corrected chi connectivity index (χ3v) is 6.43. The molecule has 0 spiro atoms. The third-order valence-electron chi connectivity index (χ3n) is 6.05. The minimum atomic E-state index is 0.600. The number of ether oxygens (including phenoxy) is 2. The van der Waals surface area contributed by atoms with Gasteiger partial charge in [-0.3, -0.25) is 0 Å². The van der Waals surface area contributed by atoms with E-state index in [1.165, 1.54) is 36.8 Å². The van der Waals surface area contributed by atoms with Crippen molar-refractivity contribution in [3.05, 3.63) is 23.3 Å². The van der Waals surface area contributed by atoms with E-state index in [2.05, 4.69) is 22.3 Å². The SMILES string of the molecule is COc1cc2c(cc1OC)CN(C(=S)N[C@H]1C[C@H]3CC[C@@H]1C3)CC2. The summed E-state index contributed by atoms with van der Waals surface area (Å²) < 4.78 is 10.9. The van der Waals surface area contributed by atoms with E-state index in [1.54, 1.807) is 14.2 Å². The molecule has 130 valence electrons. The van der Waals surface area contributed by atoms with Crippen molar-refractivity contribution in [2.24, 2.45) is 11.8 Å². The van der Waals surface area contributed by atoms with E-state index in [1.807, 2.05) is 0 Å². The van der Waals surface area contributed by atoms with Crippen LogP contribution in [0.5, 0.6) is 11.5 Å². The van der Waals surface area contributed by atoms with E-state index in [0.29, 0.717) is 6.04 Å². The van der Waals surface area contributed by atoms with Gasteiger partial charge in [-0.15, -0.1) is 0 Å². The van der Waals surface area contributed by atoms with Crippen LogP contribution < -0.4 is 14.8 Å². The highest BCUT2D eigenvalue weighted by molar-refractivity contribution is 7.80. The first-order valence-electron chi connectivity index (χ1n) is 8.97. The lowest BCUT2D eigenvalue weighted by Crippen LogP contribution is -2.48. The van der Waals surface area contributed by atoms with Crippen LogP contribution in [0.25, 0.3) is 0 Å². The Morgan fingerprint density at radius 3 is 2.50 bits per heavy atom. The number of thiocarbonyl (C=S) groups is 1. The van der Waals surface area contributed by atoms with Gasteiger partial charge in [-0.25, -0.2) is 0 Å². The van der Waals surface area contributed by atoms with Crippen molar-refractivity contribution in [2.45, 2.75) is 44.7 Å². The number of benzene rings is 1. The van der Waals surface area contributed by atoms with Crippen molar-refractivity contribution in [3.63, 3.8) is 0 Å². The van der Waals surface area contributed by atoms with Crippen molar-refractivity contribution < 1.29 is 9.47 Å². The minimum absolute atomic E-state index is 0.600. The van der Waals surface area contributed by atoms with Crippen molar-refractivity contribution in [3.8, 4) is 11.5 Å². The lowest BCUT2D eigenvalue weighted by molar-refractivity contribution is 0.338. The molecule has 2 fully saturated rings. The Bertz CT molecular complexity index is 648. The molecule has 4 nitrogen and oxygen atoms in total. The maximum absolute atomic E-state index is 5.72. The highest BCUT2D eigenvalue weighted by Gasteiger charge is 2.40. The largest absolute Gasteiger partial charge is 0.493 e. The van der Waals surface area contributed by atoms with E-state index in [0.717, 1.165) is 48.0 Å². The number of fused-ring (bicyclic) bond motifs is 3. The molecule has 4 rings (SSSR count). The second-order valence-electron chi connectivity index (χ2n) is 7.38. The molecule has 0 radical (unpaired) electrons. The Hall–Kier alpha value is -1.49. The Kier molecular flexibility index (Phi) is 4.29. The van der Waals surface area contributed by atoms with E-state index in [-0.39, 0.29) is 0 Å². The molecule has 1 aromatic carbocycles. The Morgan fingerprint density at radius 1 is 1.12 bits per heavy atom. The number of rotatable bonds is 3. The quantitative estimate of drug-likeness (QED) is 0.851. The molecule has 1 aromatic rings. The molecule has 0 aromatic heterocycles. The van der Waals surface area contributed by atoms with Crippen LogP contribution in [-0.2, 0) is 13.0 Å². The minimum Gasteiger partial charge on any atom is -0.493 e. The predicted octanol–water partition coefficient (Wildman–Crippen LogP) is 3.13. The van der Waals surface area contributed by atoms with E-state index >= 15 is 0 Å². The van der Waals surface area contributed by atoms with Crippen LogP contribution in [-0.4, -0.2) is 36.8 Å². The molecule has 5 heteroatoms. The van der Waals surface area contributed by atoms with Crippen LogP contribution in [0.15, 0.2) is 12.1 Å². The molecule has 3 atom stereocenters. The molecule has 1 N–H and O–H groups in total. The normalized spacial score (nSPS) is 27.8. The summed E-state index contributed by atoms with van der Waals surface area (Å²) in [5.41, 5.74) is 2.63. The van der Waals surface area contributed by atoms with Gasteiger partial charge in [0.05, 0.1) is 14.2 Å². The summed E-state index contributed by atoms with van der Waals surface area (Å²) in [6.45, 7) is 1.82. The highest BCUT2D eigenvalue weighted by Crippen LogP contribution is 2.44. The van der Waals surface area contributed by atoms with Crippen LogP contribution in [0.4, 0.5) is 0 Å². The fourth-order valence-electron chi connectivity index (χ4n) is 4.73. The second kappa shape index (κ2) is 6.43. The first-order chi connectivity index (χ1) is 11.7. The molecule has 24 heavy (non-hydrogen) atoms. The molecule has 0 unspecified atom stereocenters. The van der Waals surface area contributed by atoms with Crippen LogP contribution in [0.1, 0.15) is 36.8 Å². The van der Waals surface area contributed by atoms with Gasteiger partial charge in [-0.1, -0.05) is 6.42 Å². The molecule has 1 heterocycles. The van der Waals surface area contributed by atoms with Gasteiger partial charge < -0.3 is 19.7 Å². The predicted molar refractivity (Wildman–Crippen MR) is 98.6 cm³/mol. The average molecular weight is 346 g/mol. The summed E-state index contributed by atoms with van der Waals surface area (Å²) in [6, 6.07) is 4.81. The first-order valence-corrected chi connectivity index (χ1v) is 9.38. The fraction of sp³-hybridized carbons (Fsp3) is 0.632. The summed E-state index contributed by atoms with van der Waals surface area (Å²) in [5, 5.41) is 4.59. The number of hydrogen-bond acceptors (Lipinski definition) is 3. The van der Waals surface area contributed by atoms with Crippen molar-refractivity contribution >= 4 is 17.3 Å². The smallest absolute Gasteiger partial charge is 0.169 e. The van der Waals surface area contributed by atoms with Gasteiger partial charge in [0.25, 0.3) is 0 Å². The summed E-state index contributed by atoms with van der Waals surface area (Å²) in [5.74, 6) is 3.39. The van der Waals surface area contributed by atoms with Gasteiger partial charge in [0.15, 0.2) is 16.6 Å². The van der Waals surface area contributed by atoms with Crippen LogP contribution >= 0.6 is 12.2 Å². The van der Waals surface area contributed by atoms with Crippen LogP contribution in [0.2, 0.25) is 0 Å². The number of nitrogens with one attached hydrogen (secondary N) is 1. The second-order valence-corrected chi connectivity index (χ2v) is 7.76. The van der Waals surface area contributed by atoms with Crippen molar-refractivity contribution in [2.75, 3.05) is 20.8 Å². The van der Waals surface area contributed by atoms with Gasteiger partial charge >= 0.3 is 0 Å². The molecule has 2 saturated carbocycles. The standard InChI is InChI=1S/C19H26N2O2S/c1-22-17-9-13-5-6-21(11-15(13)10-18(17)23-2)19(24)20-16-8-12-3-4-14(16)7-12/h9-10,12,14,16H,3-8,11H2,1-2H3,(H,20,24)/t12-,14+,16-/m0/s1. The summed E-state index contributed by atoms with van der Waals surface area (Å²) >= 11 is 5.72. The first kappa shape index (κ1) is 16.0. The maximum Gasteiger partial charge on any atom is 0.169 e. The third kappa shape index (κ3) is 2.83. The van der Waals surface area contributed by atoms with Gasteiger partial charge in [0.2, 0.25) is 0 Å². The maximum atomic E-state index is 5.72.